The molecule has 1 amide bonds. The third-order valence-electron chi connectivity index (χ3n) is 4.80. The summed E-state index contributed by atoms with van der Waals surface area (Å²) in [5.41, 5.74) is 0.945. The third-order valence-corrected chi connectivity index (χ3v) is 6.55. The average molecular weight is 365 g/mol. The monoisotopic (exact) mass is 365 g/mol. The predicted octanol–water partition coefficient (Wildman–Crippen LogP) is 0.984. The van der Waals surface area contributed by atoms with Gasteiger partial charge in [0.25, 0.3) is 0 Å². The second-order valence-corrected chi connectivity index (χ2v) is 8.59. The molecule has 0 aliphatic carbocycles. The van der Waals surface area contributed by atoms with Crippen LogP contribution in [0.3, 0.4) is 0 Å². The Hall–Kier alpha value is -1.93. The van der Waals surface area contributed by atoms with E-state index in [9.17, 15) is 18.0 Å². The first-order valence-corrected chi connectivity index (χ1v) is 10.1. The van der Waals surface area contributed by atoms with Gasteiger partial charge in [-0.1, -0.05) is 0 Å². The van der Waals surface area contributed by atoms with E-state index in [-0.39, 0.29) is 24.7 Å². The summed E-state index contributed by atoms with van der Waals surface area (Å²) in [6, 6.07) is 5.90. The first-order valence-electron chi connectivity index (χ1n) is 8.51. The number of anilines is 1. The van der Waals surface area contributed by atoms with Gasteiger partial charge in [-0.2, -0.15) is 0 Å². The van der Waals surface area contributed by atoms with Crippen LogP contribution in [0, 0.1) is 0 Å². The molecule has 7 nitrogen and oxygen atoms in total. The summed E-state index contributed by atoms with van der Waals surface area (Å²) in [6.07, 6.45) is 2.30. The molecule has 0 spiro atoms. The minimum atomic E-state index is -3.60. The molecular formula is C17H23N3O4S. The van der Waals surface area contributed by atoms with Crippen LogP contribution in [0.15, 0.2) is 24.3 Å². The lowest BCUT2D eigenvalue weighted by Gasteiger charge is -2.20. The summed E-state index contributed by atoms with van der Waals surface area (Å²) in [5, 5.41) is 2.39. The Labute approximate surface area is 147 Å². The van der Waals surface area contributed by atoms with E-state index in [1.54, 1.807) is 29.2 Å². The van der Waals surface area contributed by atoms with Crippen LogP contribution in [0.1, 0.15) is 36.5 Å². The van der Waals surface area contributed by atoms with Gasteiger partial charge < -0.3 is 10.2 Å². The fourth-order valence-electron chi connectivity index (χ4n) is 3.31. The van der Waals surface area contributed by atoms with Gasteiger partial charge in [0.05, 0.1) is 11.3 Å². The molecule has 2 heterocycles. The average Bonchev–Trinajstić information content (AvgIpc) is 3.26. The van der Waals surface area contributed by atoms with Crippen molar-refractivity contribution in [1.29, 1.82) is 0 Å². The van der Waals surface area contributed by atoms with Crippen molar-refractivity contribution >= 4 is 27.4 Å². The zero-order chi connectivity index (χ0) is 18.0. The number of carbonyl (C=O) groups is 2. The number of nitrogens with one attached hydrogen (secondary N) is 2. The molecule has 0 bridgehead atoms. The Morgan fingerprint density at radius 2 is 1.80 bits per heavy atom. The minimum Gasteiger partial charge on any atom is -0.341 e. The molecule has 3 rings (SSSR count). The number of hydrogen-bond donors (Lipinski definition) is 2. The van der Waals surface area contributed by atoms with Crippen LogP contribution in [-0.2, 0) is 14.8 Å². The van der Waals surface area contributed by atoms with Crippen molar-refractivity contribution in [3.63, 3.8) is 0 Å². The predicted molar refractivity (Wildman–Crippen MR) is 95.0 cm³/mol. The fourth-order valence-corrected chi connectivity index (χ4v) is 4.70. The Balaban J connectivity index is 1.62. The molecule has 1 aromatic carbocycles. The zero-order valence-electron chi connectivity index (χ0n) is 14.2. The Morgan fingerprint density at radius 3 is 2.40 bits per heavy atom. The molecular weight excluding hydrogens is 342 g/mol. The lowest BCUT2D eigenvalue weighted by atomic mass is 10.1. The van der Waals surface area contributed by atoms with Crippen molar-refractivity contribution in [2.75, 3.05) is 24.4 Å². The molecule has 2 saturated heterocycles. The molecule has 8 heteroatoms. The van der Waals surface area contributed by atoms with Crippen LogP contribution in [0.25, 0.3) is 0 Å². The number of rotatable bonds is 5. The minimum absolute atomic E-state index is 0.000936. The largest absolute Gasteiger partial charge is 0.341 e. The maximum atomic E-state index is 12.6. The molecule has 2 unspecified atom stereocenters. The van der Waals surface area contributed by atoms with E-state index < -0.39 is 21.3 Å². The maximum Gasteiger partial charge on any atom is 0.239 e. The van der Waals surface area contributed by atoms with Gasteiger partial charge >= 0.3 is 0 Å². The molecule has 2 atom stereocenters. The number of likely N-dealkylation sites (tertiary alicyclic amines) is 1. The normalized spacial score (nSPS) is 23.6. The number of ketones is 1. The highest BCUT2D eigenvalue weighted by Gasteiger charge is 2.39. The summed E-state index contributed by atoms with van der Waals surface area (Å²) in [4.78, 5) is 25.5. The van der Waals surface area contributed by atoms with Crippen molar-refractivity contribution in [3.05, 3.63) is 29.8 Å². The van der Waals surface area contributed by atoms with Crippen molar-refractivity contribution in [1.82, 2.24) is 10.2 Å². The Kier molecular flexibility index (Phi) is 5.10. The van der Waals surface area contributed by atoms with E-state index in [1.807, 2.05) is 0 Å². The number of sulfonamides is 1. The lowest BCUT2D eigenvalue weighted by Crippen LogP contribution is -2.42. The molecule has 2 aliphatic heterocycles. The fraction of sp³-hybridized carbons (Fsp3) is 0.529. The van der Waals surface area contributed by atoms with Crippen molar-refractivity contribution in [2.45, 2.75) is 37.5 Å². The Bertz CT molecular complexity index is 755. The standard InChI is InChI=1S/C17H23N3O4S/c1-12(21)13-4-6-14(7-5-13)19-25(23,24)15-10-16(18-11-15)17(22)20-8-2-3-9-20/h4-7,15-16,18-19H,2-3,8-11H2,1H3. The molecule has 25 heavy (non-hydrogen) atoms. The third kappa shape index (κ3) is 4.01. The molecule has 0 aromatic heterocycles. The van der Waals surface area contributed by atoms with Gasteiger partial charge in [-0.3, -0.25) is 14.3 Å². The van der Waals surface area contributed by atoms with Gasteiger partial charge in [0.2, 0.25) is 15.9 Å². The van der Waals surface area contributed by atoms with Gasteiger partial charge in [0.1, 0.15) is 0 Å². The number of Topliss-reactive ketones (excluding diaryl/α,β-unsaturated/α-hetero) is 1. The summed E-state index contributed by atoms with van der Waals surface area (Å²) in [7, 11) is -3.60. The summed E-state index contributed by atoms with van der Waals surface area (Å²) in [5.74, 6) is -0.0707. The van der Waals surface area contributed by atoms with E-state index >= 15 is 0 Å². The van der Waals surface area contributed by atoms with Crippen molar-refractivity contribution in [2.24, 2.45) is 0 Å². The summed E-state index contributed by atoms with van der Waals surface area (Å²) in [6.45, 7) is 3.23. The van der Waals surface area contributed by atoms with Gasteiger partial charge in [0.15, 0.2) is 5.78 Å². The SMILES string of the molecule is CC(=O)c1ccc(NS(=O)(=O)C2CNC(C(=O)N3CCCC3)C2)cc1. The summed E-state index contributed by atoms with van der Waals surface area (Å²) < 4.78 is 27.7. The number of nitrogens with zero attached hydrogens (tertiary/aromatic N) is 1. The topological polar surface area (TPSA) is 95.6 Å². The van der Waals surface area contributed by atoms with Gasteiger partial charge in [0, 0.05) is 30.9 Å². The maximum absolute atomic E-state index is 12.6. The van der Waals surface area contributed by atoms with E-state index in [2.05, 4.69) is 10.0 Å². The van der Waals surface area contributed by atoms with Gasteiger partial charge in [-0.25, -0.2) is 8.42 Å². The van der Waals surface area contributed by atoms with E-state index in [0.29, 0.717) is 11.3 Å². The van der Waals surface area contributed by atoms with Crippen LogP contribution in [-0.4, -0.2) is 55.9 Å². The number of hydrogen-bond acceptors (Lipinski definition) is 5. The van der Waals surface area contributed by atoms with Crippen LogP contribution in [0.5, 0.6) is 0 Å². The summed E-state index contributed by atoms with van der Waals surface area (Å²) >= 11 is 0. The van der Waals surface area contributed by atoms with Gasteiger partial charge in [-0.15, -0.1) is 0 Å². The highest BCUT2D eigenvalue weighted by molar-refractivity contribution is 7.93. The molecule has 2 aliphatic rings. The highest BCUT2D eigenvalue weighted by atomic mass is 32.2. The Morgan fingerprint density at radius 1 is 1.16 bits per heavy atom. The molecule has 2 fully saturated rings. The molecule has 0 radical (unpaired) electrons. The number of carbonyl (C=O) groups excluding carboxylic acids is 2. The number of benzene rings is 1. The molecule has 136 valence electrons. The van der Waals surface area contributed by atoms with Crippen LogP contribution >= 0.6 is 0 Å². The first kappa shape index (κ1) is 17.9. The molecule has 1 aromatic rings. The van der Waals surface area contributed by atoms with E-state index in [1.165, 1.54) is 6.92 Å². The number of amides is 1. The lowest BCUT2D eigenvalue weighted by molar-refractivity contribution is -0.131. The van der Waals surface area contributed by atoms with E-state index in [4.69, 9.17) is 0 Å². The quantitative estimate of drug-likeness (QED) is 0.759. The zero-order valence-corrected chi connectivity index (χ0v) is 15.0. The van der Waals surface area contributed by atoms with Crippen LogP contribution < -0.4 is 10.0 Å². The van der Waals surface area contributed by atoms with Crippen molar-refractivity contribution in [3.8, 4) is 0 Å². The van der Waals surface area contributed by atoms with Crippen LogP contribution in [0.4, 0.5) is 5.69 Å². The molecule has 0 saturated carbocycles. The molecule has 2 N–H and O–H groups in total. The second-order valence-electron chi connectivity index (χ2n) is 6.63. The smallest absolute Gasteiger partial charge is 0.239 e. The van der Waals surface area contributed by atoms with Gasteiger partial charge in [-0.05, 0) is 50.5 Å². The van der Waals surface area contributed by atoms with Crippen LogP contribution in [0.2, 0.25) is 0 Å². The highest BCUT2D eigenvalue weighted by Crippen LogP contribution is 2.21. The second kappa shape index (κ2) is 7.13. The van der Waals surface area contributed by atoms with E-state index in [0.717, 1.165) is 25.9 Å². The first-order chi connectivity index (χ1) is 11.9. The van der Waals surface area contributed by atoms with Crippen molar-refractivity contribution < 1.29 is 18.0 Å².